The minimum Gasteiger partial charge on any atom is -0.0916 e. The first-order valence-corrected chi connectivity index (χ1v) is 20.0. The Hall–Kier alpha value is -1.04. The first-order chi connectivity index (χ1) is 21.3. The molecule has 1 fully saturated rings. The van der Waals surface area contributed by atoms with E-state index in [1.165, 1.54) is 75.3 Å². The van der Waals surface area contributed by atoms with Crippen LogP contribution in [0, 0.1) is 45.8 Å². The fourth-order valence-electron chi connectivity index (χ4n) is 6.51. The molecule has 0 unspecified atom stereocenters. The van der Waals surface area contributed by atoms with Gasteiger partial charge in [-0.05, 0) is 101 Å². The number of unbranched alkanes of at least 4 members (excludes halogenated alkanes) is 2. The molecule has 0 radical (unpaired) electrons. The molecule has 1 aliphatic rings. The number of hydrogen-bond donors (Lipinski definition) is 0. The van der Waals surface area contributed by atoms with Crippen LogP contribution >= 0.6 is 0 Å². The minimum absolute atomic E-state index is 0.283. The minimum atomic E-state index is 0.283. The van der Waals surface area contributed by atoms with Gasteiger partial charge in [-0.2, -0.15) is 0 Å². The Balaban J connectivity index is -0.000000531. The van der Waals surface area contributed by atoms with Gasteiger partial charge in [-0.15, -0.1) is 0 Å². The number of benzene rings is 1. The number of hydrogen-bond acceptors (Lipinski definition) is 0. The van der Waals surface area contributed by atoms with Crippen molar-refractivity contribution in [2.24, 2.45) is 38.9 Å². The summed E-state index contributed by atoms with van der Waals surface area (Å²) in [5.41, 5.74) is 5.66. The lowest BCUT2D eigenvalue weighted by Gasteiger charge is -2.35. The van der Waals surface area contributed by atoms with Crippen LogP contribution < -0.4 is 0 Å². The van der Waals surface area contributed by atoms with E-state index in [-0.39, 0.29) is 5.41 Å². The summed E-state index contributed by atoms with van der Waals surface area (Å²) < 4.78 is 0. The van der Waals surface area contributed by atoms with E-state index in [9.17, 15) is 0 Å². The highest BCUT2D eigenvalue weighted by molar-refractivity contribution is 5.31. The molecular formula is C48H94. The van der Waals surface area contributed by atoms with Crippen molar-refractivity contribution in [3.8, 4) is 0 Å². The van der Waals surface area contributed by atoms with Crippen LogP contribution in [0.3, 0.4) is 0 Å². The predicted molar refractivity (Wildman–Crippen MR) is 226 cm³/mol. The van der Waals surface area contributed by atoms with E-state index in [0.29, 0.717) is 27.1 Å². The van der Waals surface area contributed by atoms with Gasteiger partial charge in [-0.25, -0.2) is 0 Å². The van der Waals surface area contributed by atoms with Crippen molar-refractivity contribution < 1.29 is 0 Å². The highest BCUT2D eigenvalue weighted by atomic mass is 14.3. The average Bonchev–Trinajstić information content (AvgIpc) is 2.85. The van der Waals surface area contributed by atoms with Crippen molar-refractivity contribution in [2.75, 3.05) is 0 Å². The molecule has 0 aromatic heterocycles. The van der Waals surface area contributed by atoms with Crippen LogP contribution in [0.15, 0.2) is 36.4 Å². The van der Waals surface area contributed by atoms with Gasteiger partial charge in [0.25, 0.3) is 0 Å². The molecular weight excluding hydrogens is 577 g/mol. The molecule has 1 aromatic carbocycles. The smallest absolute Gasteiger partial charge is 0.0129 e. The molecule has 0 atom stereocenters. The van der Waals surface area contributed by atoms with E-state index in [1.54, 1.807) is 0 Å². The van der Waals surface area contributed by atoms with Gasteiger partial charge in [0.05, 0.1) is 0 Å². The summed E-state index contributed by atoms with van der Waals surface area (Å²) in [4.78, 5) is 0. The van der Waals surface area contributed by atoms with E-state index >= 15 is 0 Å². The van der Waals surface area contributed by atoms with Crippen molar-refractivity contribution in [3.05, 3.63) is 47.5 Å². The molecule has 48 heavy (non-hydrogen) atoms. The maximum atomic E-state index is 2.39. The van der Waals surface area contributed by atoms with Crippen LogP contribution in [0.4, 0.5) is 0 Å². The molecule has 0 nitrogen and oxygen atoms in total. The van der Waals surface area contributed by atoms with Crippen molar-refractivity contribution in [2.45, 2.75) is 222 Å². The van der Waals surface area contributed by atoms with Crippen LogP contribution in [0.25, 0.3) is 0 Å². The molecule has 0 bridgehead atoms. The van der Waals surface area contributed by atoms with E-state index in [2.05, 4.69) is 189 Å². The summed E-state index contributed by atoms with van der Waals surface area (Å²) in [6.07, 6.45) is 18.2. The zero-order valence-electron chi connectivity index (χ0n) is 37.7. The molecule has 0 heterocycles. The van der Waals surface area contributed by atoms with Crippen molar-refractivity contribution in [3.63, 3.8) is 0 Å². The maximum Gasteiger partial charge on any atom is -0.0129 e. The third-order valence-corrected chi connectivity index (χ3v) is 8.75. The third-order valence-electron chi connectivity index (χ3n) is 8.75. The quantitative estimate of drug-likeness (QED) is 0.221. The summed E-state index contributed by atoms with van der Waals surface area (Å²) in [6, 6.07) is 8.56. The second-order valence-electron chi connectivity index (χ2n) is 22.0. The zero-order valence-corrected chi connectivity index (χ0v) is 37.7. The van der Waals surface area contributed by atoms with Crippen LogP contribution in [0.1, 0.15) is 221 Å². The molecule has 0 N–H and O–H groups in total. The van der Waals surface area contributed by atoms with Gasteiger partial charge >= 0.3 is 0 Å². The van der Waals surface area contributed by atoms with Crippen LogP contribution in [0.2, 0.25) is 0 Å². The SMILES string of the molecule is C/C=C/CC(C)(C)C.CC(C)(C)CC(C)(C)C.CC1CCC(C(C)(C)C)CC1.CCCCCC(C)(C)C.Cc1ccccc1C(C)(C)C. The highest BCUT2D eigenvalue weighted by Crippen LogP contribution is 2.39. The van der Waals surface area contributed by atoms with Gasteiger partial charge in [0.2, 0.25) is 0 Å². The average molecular weight is 671 g/mol. The summed E-state index contributed by atoms with van der Waals surface area (Å²) in [5.74, 6) is 1.98. The first kappa shape index (κ1) is 51.3. The molecule has 1 saturated carbocycles. The molecule has 286 valence electrons. The lowest BCUT2D eigenvalue weighted by molar-refractivity contribution is 0.155. The normalized spacial score (nSPS) is 17.5. The van der Waals surface area contributed by atoms with Crippen molar-refractivity contribution in [1.82, 2.24) is 0 Å². The Morgan fingerprint density at radius 3 is 1.33 bits per heavy atom. The summed E-state index contributed by atoms with van der Waals surface area (Å²) in [6.45, 7) is 50.1. The standard InChI is InChI=1S/C11H22.C11H16.2C9H20.C8H16/c1-9-5-7-10(8-6-9)11(2,3)4;1-9-7-5-6-8-10(9)11(2,3)4;1-8(2,3)7-9(4,5)6;1-5-6-7-8-9(2,3)4;1-5-6-7-8(2,3)4/h9-10H,5-8H2,1-4H3;5-8H,1-4H3;7H2,1-6H3;5-8H2,1-4H3;5-6H,7H2,1-4H3/b;;;;6-5+. The molecule has 0 heteroatoms. The Morgan fingerprint density at radius 2 is 1.08 bits per heavy atom. The summed E-state index contributed by atoms with van der Waals surface area (Å²) >= 11 is 0. The lowest BCUT2D eigenvalue weighted by atomic mass is 9.70. The maximum absolute atomic E-state index is 2.39. The second kappa shape index (κ2) is 23.4. The van der Waals surface area contributed by atoms with Gasteiger partial charge in [0.1, 0.15) is 0 Å². The van der Waals surface area contributed by atoms with Crippen molar-refractivity contribution >= 4 is 0 Å². The lowest BCUT2D eigenvalue weighted by Crippen LogP contribution is -2.24. The Labute approximate surface area is 307 Å². The monoisotopic (exact) mass is 671 g/mol. The van der Waals surface area contributed by atoms with E-state index in [0.717, 1.165) is 11.8 Å². The second-order valence-corrected chi connectivity index (χ2v) is 22.0. The Morgan fingerprint density at radius 1 is 0.625 bits per heavy atom. The fourth-order valence-corrected chi connectivity index (χ4v) is 6.51. The van der Waals surface area contributed by atoms with E-state index in [1.807, 2.05) is 0 Å². The van der Waals surface area contributed by atoms with Gasteiger partial charge in [-0.3, -0.25) is 0 Å². The van der Waals surface area contributed by atoms with Gasteiger partial charge in [-0.1, -0.05) is 207 Å². The predicted octanol–water partition coefficient (Wildman–Crippen LogP) is 17.2. The Kier molecular flexibility index (Phi) is 25.1. The molecule has 2 rings (SSSR count). The van der Waals surface area contributed by atoms with Crippen LogP contribution in [-0.2, 0) is 5.41 Å². The highest BCUT2D eigenvalue weighted by Gasteiger charge is 2.28. The van der Waals surface area contributed by atoms with Gasteiger partial charge in [0.15, 0.2) is 0 Å². The molecule has 0 spiro atoms. The van der Waals surface area contributed by atoms with Gasteiger partial charge in [0, 0.05) is 0 Å². The third kappa shape index (κ3) is 36.2. The topological polar surface area (TPSA) is 0 Å². The first-order valence-electron chi connectivity index (χ1n) is 20.0. The Bertz CT molecular complexity index is 895. The zero-order chi connectivity index (χ0) is 38.6. The van der Waals surface area contributed by atoms with Crippen molar-refractivity contribution in [1.29, 1.82) is 0 Å². The molecule has 0 amide bonds. The van der Waals surface area contributed by atoms with E-state index < -0.39 is 0 Å². The molecule has 1 aliphatic carbocycles. The number of aryl methyl sites for hydroxylation is 1. The molecule has 0 saturated heterocycles. The molecule has 1 aromatic rings. The summed E-state index contributed by atoms with van der Waals surface area (Å²) in [5, 5.41) is 0. The number of allylic oxidation sites excluding steroid dienone is 2. The van der Waals surface area contributed by atoms with E-state index in [4.69, 9.17) is 0 Å². The molecule has 0 aliphatic heterocycles. The van der Waals surface area contributed by atoms with Crippen LogP contribution in [-0.4, -0.2) is 0 Å². The van der Waals surface area contributed by atoms with Crippen LogP contribution in [0.5, 0.6) is 0 Å². The summed E-state index contributed by atoms with van der Waals surface area (Å²) in [7, 11) is 0. The number of rotatable bonds is 4. The largest absolute Gasteiger partial charge is 0.0916 e. The van der Waals surface area contributed by atoms with Gasteiger partial charge < -0.3 is 0 Å². The fraction of sp³-hybridized carbons (Fsp3) is 0.833.